The zero-order valence-corrected chi connectivity index (χ0v) is 41.3. The lowest BCUT2D eigenvalue weighted by Gasteiger charge is -2.74. The highest BCUT2D eigenvalue weighted by Crippen LogP contribution is 2.78. The highest BCUT2D eigenvalue weighted by molar-refractivity contribution is 5.86. The number of fused-ring (bicyclic) bond motifs is 7. The fourth-order valence-electron chi connectivity index (χ4n) is 18.0. The summed E-state index contributed by atoms with van der Waals surface area (Å²) in [7, 11) is 0. The van der Waals surface area contributed by atoms with Crippen LogP contribution in [0.1, 0.15) is 136 Å². The number of amides is 1. The van der Waals surface area contributed by atoms with Crippen LogP contribution in [0.3, 0.4) is 0 Å². The van der Waals surface area contributed by atoms with Crippen molar-refractivity contribution in [2.24, 2.45) is 79.1 Å². The van der Waals surface area contributed by atoms with Crippen LogP contribution in [-0.4, -0.2) is 143 Å². The number of aliphatic carboxylic acids is 1. The third-order valence-corrected chi connectivity index (χ3v) is 22.0. The lowest BCUT2D eigenvalue weighted by Crippen LogP contribution is -2.73. The molecular weight excluding hydrogens is 889 g/mol. The molecule has 9 rings (SSSR count). The maximum Gasteiger partial charge on any atom is 0.310 e. The Kier molecular flexibility index (Phi) is 13.5. The van der Waals surface area contributed by atoms with Gasteiger partial charge in [0.25, 0.3) is 0 Å². The number of H-pyrrole nitrogens is 1. The highest BCUT2D eigenvalue weighted by atomic mass is 16.7. The molecule has 17 heteroatoms. The number of carbonyl (C=O) groups excluding carboxylic acids is 1. The third-order valence-electron chi connectivity index (χ3n) is 22.0. The summed E-state index contributed by atoms with van der Waals surface area (Å²) >= 11 is 0. The molecule has 21 atom stereocenters. The number of hydrogen-bond donors (Lipinski definition) is 12. The van der Waals surface area contributed by atoms with Crippen LogP contribution < -0.4 is 11.1 Å². The van der Waals surface area contributed by atoms with Gasteiger partial charge in [-0.05, 0) is 134 Å². The zero-order chi connectivity index (χ0) is 49.9. The van der Waals surface area contributed by atoms with Crippen molar-refractivity contribution in [2.45, 2.75) is 180 Å². The van der Waals surface area contributed by atoms with Crippen LogP contribution in [-0.2, 0) is 19.1 Å². The first-order valence-corrected chi connectivity index (χ1v) is 26.1. The maximum absolute atomic E-state index is 14.8. The SMILES string of the molecule is CC1(CO)CCC2(C(=O)O)C(CO)CC3(C)C(=CCC4C5(C)C(CC6C(C(CCC(N)O)c7cnc[nH]7)NC(=O)C67CCCC7)C(O)C(OC6OCC(O)C(O)C6O)C(C)(CO)C5CCC43C)C2C1. The van der Waals surface area contributed by atoms with Gasteiger partial charge >= 0.3 is 5.97 Å². The number of nitrogens with zero attached hydrogens (tertiary/aromatic N) is 1. The molecule has 0 radical (unpaired) electrons. The fourth-order valence-corrected chi connectivity index (χ4v) is 18.0. The molecular formula is C52H82N4O13. The number of aromatic amines is 1. The normalized spacial score (nSPS) is 48.9. The van der Waals surface area contributed by atoms with Gasteiger partial charge in [0, 0.05) is 42.5 Å². The van der Waals surface area contributed by atoms with E-state index in [1.54, 1.807) is 12.5 Å². The molecule has 1 aromatic heterocycles. The standard InChI is InChI=1S/C52H82N4O13/c1-46(24-58)16-17-52(45(66)67)27(22-57)19-49(4)29(32(52)20-46)9-10-36-48(49,3)15-12-35-47(2,25-59)42(69-43-41(64)40(63)34(60)23-68-43)39(62)31(50(35,36)5)18-30-38(56-44(65)51(30)13-6-7-14-51)28(8-11-37(53)61)33-21-54-26-55-33/h9,21,26-28,30-32,34-43,57-64H,6-8,10-20,22-25,53H2,1-5H3,(H,54,55)(H,56,65)(H,66,67). The third kappa shape index (κ3) is 7.42. The minimum atomic E-state index is -1.65. The number of aromatic nitrogens is 2. The largest absolute Gasteiger partial charge is 0.481 e. The zero-order valence-electron chi connectivity index (χ0n) is 41.3. The van der Waals surface area contributed by atoms with Gasteiger partial charge in [-0.25, -0.2) is 4.98 Å². The summed E-state index contributed by atoms with van der Waals surface area (Å²) in [5.41, 5.74) is 2.31. The molecule has 2 saturated heterocycles. The summed E-state index contributed by atoms with van der Waals surface area (Å²) in [6.45, 7) is 9.69. The molecule has 388 valence electrons. The molecule has 17 nitrogen and oxygen atoms in total. The van der Waals surface area contributed by atoms with Crippen LogP contribution in [0.5, 0.6) is 0 Å². The summed E-state index contributed by atoms with van der Waals surface area (Å²) in [5.74, 6) is -3.65. The minimum absolute atomic E-state index is 0.0353. The van der Waals surface area contributed by atoms with E-state index in [1.807, 2.05) is 13.8 Å². The lowest BCUT2D eigenvalue weighted by molar-refractivity contribution is -0.340. The van der Waals surface area contributed by atoms with Crippen molar-refractivity contribution in [3.8, 4) is 0 Å². The number of carboxylic acids is 1. The van der Waals surface area contributed by atoms with Gasteiger partial charge in [-0.3, -0.25) is 9.59 Å². The second-order valence-corrected chi connectivity index (χ2v) is 24.8. The van der Waals surface area contributed by atoms with E-state index < -0.39 is 117 Å². The number of aliphatic hydroxyl groups is 8. The summed E-state index contributed by atoms with van der Waals surface area (Å²) in [4.78, 5) is 36.1. The van der Waals surface area contributed by atoms with Crippen LogP contribution in [0.2, 0.25) is 0 Å². The van der Waals surface area contributed by atoms with Crippen molar-refractivity contribution in [2.75, 3.05) is 26.4 Å². The predicted octanol–water partition coefficient (Wildman–Crippen LogP) is 2.69. The molecule has 3 heterocycles. The van der Waals surface area contributed by atoms with Gasteiger partial charge in [0.05, 0.1) is 42.6 Å². The van der Waals surface area contributed by atoms with Crippen molar-refractivity contribution in [1.29, 1.82) is 0 Å². The number of rotatable bonds is 13. The molecule has 7 fully saturated rings. The second-order valence-electron chi connectivity index (χ2n) is 24.8. The van der Waals surface area contributed by atoms with Crippen molar-refractivity contribution in [1.82, 2.24) is 15.3 Å². The van der Waals surface area contributed by atoms with Gasteiger partial charge in [-0.1, -0.05) is 59.1 Å². The number of carbonyl (C=O) groups is 2. The molecule has 13 N–H and O–H groups in total. The number of imidazole rings is 1. The van der Waals surface area contributed by atoms with Crippen LogP contribution in [0.25, 0.3) is 0 Å². The van der Waals surface area contributed by atoms with Gasteiger partial charge < -0.3 is 71.5 Å². The minimum Gasteiger partial charge on any atom is -0.481 e. The van der Waals surface area contributed by atoms with Gasteiger partial charge in [0.2, 0.25) is 5.91 Å². The average Bonchev–Trinajstić information content (AvgIpc) is 4.09. The molecule has 2 aliphatic heterocycles. The number of ether oxygens (including phenoxy) is 2. The maximum atomic E-state index is 14.8. The van der Waals surface area contributed by atoms with Crippen LogP contribution in [0.15, 0.2) is 24.2 Å². The monoisotopic (exact) mass is 971 g/mol. The quantitative estimate of drug-likeness (QED) is 0.0769. The van der Waals surface area contributed by atoms with Gasteiger partial charge in [0.15, 0.2) is 6.29 Å². The molecule has 1 aromatic rings. The first-order chi connectivity index (χ1) is 32.6. The summed E-state index contributed by atoms with van der Waals surface area (Å²) in [6, 6.07) is -0.444. The topological polar surface area (TPSA) is 301 Å². The van der Waals surface area contributed by atoms with E-state index in [4.69, 9.17) is 15.2 Å². The first kappa shape index (κ1) is 51.4. The van der Waals surface area contributed by atoms with Crippen molar-refractivity contribution >= 4 is 11.9 Å². The van der Waals surface area contributed by atoms with Gasteiger partial charge in [-0.15, -0.1) is 0 Å². The number of allylic oxidation sites excluding steroid dienone is 2. The Morgan fingerprint density at radius 1 is 0.928 bits per heavy atom. The summed E-state index contributed by atoms with van der Waals surface area (Å²) in [5, 5.41) is 105. The summed E-state index contributed by atoms with van der Waals surface area (Å²) in [6.07, 6.45) is 3.76. The van der Waals surface area contributed by atoms with Crippen molar-refractivity contribution in [3.63, 3.8) is 0 Å². The number of nitrogens with two attached hydrogens (primary N) is 1. The molecule has 69 heavy (non-hydrogen) atoms. The van der Waals surface area contributed by atoms with Crippen LogP contribution in [0, 0.1) is 73.4 Å². The number of nitrogens with one attached hydrogen (secondary N) is 2. The lowest BCUT2D eigenvalue weighted by atomic mass is 9.31. The Morgan fingerprint density at radius 3 is 2.28 bits per heavy atom. The molecule has 6 aliphatic carbocycles. The number of carboxylic acid groups (broad SMARTS) is 1. The molecule has 5 saturated carbocycles. The van der Waals surface area contributed by atoms with E-state index in [-0.39, 0.29) is 55.8 Å². The predicted molar refractivity (Wildman–Crippen MR) is 250 cm³/mol. The van der Waals surface area contributed by atoms with Crippen molar-refractivity contribution < 1.29 is 65.0 Å². The smallest absolute Gasteiger partial charge is 0.310 e. The van der Waals surface area contributed by atoms with Crippen LogP contribution in [0.4, 0.5) is 0 Å². The Morgan fingerprint density at radius 2 is 1.65 bits per heavy atom. The van der Waals surface area contributed by atoms with Gasteiger partial charge in [-0.2, -0.15) is 0 Å². The van der Waals surface area contributed by atoms with E-state index in [2.05, 4.69) is 42.1 Å². The Hall–Kier alpha value is -2.55. The first-order valence-electron chi connectivity index (χ1n) is 26.1. The molecule has 0 bridgehead atoms. The molecule has 0 aromatic carbocycles. The molecule has 21 unspecified atom stereocenters. The van der Waals surface area contributed by atoms with Gasteiger partial charge in [0.1, 0.15) is 24.5 Å². The van der Waals surface area contributed by atoms with E-state index in [9.17, 15) is 55.5 Å². The van der Waals surface area contributed by atoms with E-state index in [0.29, 0.717) is 70.6 Å². The fraction of sp³-hybridized carbons (Fsp3) is 0.865. The van der Waals surface area contributed by atoms with Crippen molar-refractivity contribution in [3.05, 3.63) is 29.9 Å². The molecule has 1 spiro atoms. The number of aliphatic hydroxyl groups excluding tert-OH is 8. The van der Waals surface area contributed by atoms with E-state index in [0.717, 1.165) is 24.1 Å². The Bertz CT molecular complexity index is 2090. The number of hydrogen-bond acceptors (Lipinski definition) is 14. The highest BCUT2D eigenvalue weighted by Gasteiger charge is 2.75. The second kappa shape index (κ2) is 18.1. The van der Waals surface area contributed by atoms with E-state index >= 15 is 0 Å². The Balaban J connectivity index is 1.21. The van der Waals surface area contributed by atoms with Crippen LogP contribution >= 0.6 is 0 Å². The Labute approximate surface area is 406 Å². The average molecular weight is 971 g/mol. The summed E-state index contributed by atoms with van der Waals surface area (Å²) < 4.78 is 12.6. The van der Waals surface area contributed by atoms with E-state index in [1.165, 1.54) is 0 Å². The molecule has 1 amide bonds. The molecule has 8 aliphatic rings.